The van der Waals surface area contributed by atoms with Crippen LogP contribution in [0.2, 0.25) is 0 Å². The summed E-state index contributed by atoms with van der Waals surface area (Å²) in [7, 11) is 6.85. The Bertz CT molecular complexity index is 142. The lowest BCUT2D eigenvalue weighted by molar-refractivity contribution is -0.679. The standard InChI is InChI=1S/C2H4BN4/c1-6-4-2-5-7(6)3/h2H,1H3. The molecule has 35 valence electrons. The van der Waals surface area contributed by atoms with E-state index in [9.17, 15) is 0 Å². The van der Waals surface area contributed by atoms with Gasteiger partial charge in [0, 0.05) is 0 Å². The average Bonchev–Trinajstić information content (AvgIpc) is 1.91. The van der Waals surface area contributed by atoms with Crippen molar-refractivity contribution in [2.24, 2.45) is 7.05 Å². The van der Waals surface area contributed by atoms with Crippen molar-refractivity contribution in [2.75, 3.05) is 0 Å². The Hall–Kier alpha value is -0.865. The second-order valence-corrected chi connectivity index (χ2v) is 1.16. The van der Waals surface area contributed by atoms with E-state index in [0.29, 0.717) is 0 Å². The Labute approximate surface area is 42.2 Å². The minimum atomic E-state index is 1.14. The molecule has 0 unspecified atom stereocenters. The topological polar surface area (TPSA) is 34.6 Å². The molecule has 0 aliphatic carbocycles. The first kappa shape index (κ1) is 4.30. The fourth-order valence-electron chi connectivity index (χ4n) is 0.278. The van der Waals surface area contributed by atoms with Crippen LogP contribution in [0.5, 0.6) is 0 Å². The Kier molecular flexibility index (Phi) is 0.815. The highest BCUT2D eigenvalue weighted by Gasteiger charge is 1.83. The van der Waals surface area contributed by atoms with Crippen LogP contribution in [-0.4, -0.2) is 23.0 Å². The first-order chi connectivity index (χ1) is 3.30. The summed E-state index contributed by atoms with van der Waals surface area (Å²) in [5.41, 5.74) is 0. The summed E-state index contributed by atoms with van der Waals surface area (Å²) in [6.45, 7) is 0. The maximum Gasteiger partial charge on any atom is 0.290 e. The van der Waals surface area contributed by atoms with Gasteiger partial charge in [-0.15, -0.1) is 0 Å². The smallest absolute Gasteiger partial charge is 0.290 e. The second-order valence-electron chi connectivity index (χ2n) is 1.16. The van der Waals surface area contributed by atoms with E-state index in [0.717, 1.165) is 4.71 Å². The molecule has 0 spiro atoms. The Morgan fingerprint density at radius 1 is 1.86 bits per heavy atom. The van der Waals surface area contributed by atoms with Gasteiger partial charge in [-0.25, -0.2) is 7.98 Å². The number of hydrogen-bond donors (Lipinski definition) is 0. The Morgan fingerprint density at radius 2 is 2.57 bits per heavy atom. The lowest BCUT2D eigenvalue weighted by Gasteiger charge is -1.95. The van der Waals surface area contributed by atoms with Crippen LogP contribution in [0.3, 0.4) is 0 Å². The van der Waals surface area contributed by atoms with Crippen molar-refractivity contribution in [1.29, 1.82) is 0 Å². The molecule has 0 saturated carbocycles. The van der Waals surface area contributed by atoms with Crippen LogP contribution in [0, 0.1) is 0 Å². The molecule has 1 heterocycles. The number of nitrogens with zero attached hydrogens (tertiary/aromatic N) is 4. The summed E-state index contributed by atoms with van der Waals surface area (Å²) in [6, 6.07) is 0. The van der Waals surface area contributed by atoms with Gasteiger partial charge in [0.1, 0.15) is 0 Å². The maximum atomic E-state index is 5.15. The number of aryl methyl sites for hydroxylation is 1. The van der Waals surface area contributed by atoms with Crippen LogP contribution in [-0.2, 0) is 7.05 Å². The van der Waals surface area contributed by atoms with Gasteiger partial charge in [0.15, 0.2) is 0 Å². The number of tetrazole rings is 1. The predicted molar refractivity (Wildman–Crippen MR) is 22.3 cm³/mol. The van der Waals surface area contributed by atoms with Gasteiger partial charge >= 0.3 is 0 Å². The van der Waals surface area contributed by atoms with E-state index < -0.39 is 0 Å². The van der Waals surface area contributed by atoms with Crippen LogP contribution in [0.1, 0.15) is 0 Å². The molecular formula is C2H4BN4. The van der Waals surface area contributed by atoms with Crippen molar-refractivity contribution < 1.29 is 4.71 Å². The normalized spacial score (nSPS) is 9.43. The molecule has 4 nitrogen and oxygen atoms in total. The molecule has 0 aliphatic rings. The Morgan fingerprint density at radius 3 is 2.71 bits per heavy atom. The molecule has 0 saturated heterocycles. The third kappa shape index (κ3) is 0.605. The molecule has 0 bridgehead atoms. The number of aromatic nitrogens is 4. The summed E-state index contributed by atoms with van der Waals surface area (Å²) in [6.07, 6.45) is 1.38. The van der Waals surface area contributed by atoms with Gasteiger partial charge in [0.2, 0.25) is 0 Å². The van der Waals surface area contributed by atoms with Crippen molar-refractivity contribution in [3.05, 3.63) is 6.33 Å². The summed E-state index contributed by atoms with van der Waals surface area (Å²) < 4.78 is 1.14. The lowest BCUT2D eigenvalue weighted by Crippen LogP contribution is -2.43. The van der Waals surface area contributed by atoms with Gasteiger partial charge < -0.3 is 4.71 Å². The van der Waals surface area contributed by atoms with Crippen LogP contribution in [0.25, 0.3) is 0 Å². The molecule has 7 heavy (non-hydrogen) atoms. The molecule has 0 fully saturated rings. The van der Waals surface area contributed by atoms with Crippen molar-refractivity contribution in [3.8, 4) is 0 Å². The molecule has 0 N–H and O–H groups in total. The average molecular weight is 94.9 g/mol. The zero-order valence-electron chi connectivity index (χ0n) is 3.94. The van der Waals surface area contributed by atoms with Gasteiger partial charge in [-0.3, -0.25) is 0 Å². The van der Waals surface area contributed by atoms with Gasteiger partial charge in [-0.05, 0) is 0 Å². The van der Waals surface area contributed by atoms with E-state index in [2.05, 4.69) is 10.2 Å². The van der Waals surface area contributed by atoms with Crippen LogP contribution in [0.15, 0.2) is 6.33 Å². The van der Waals surface area contributed by atoms with Crippen LogP contribution in [0.4, 0.5) is 0 Å². The van der Waals surface area contributed by atoms with Gasteiger partial charge in [-0.1, -0.05) is 9.90 Å². The van der Waals surface area contributed by atoms with E-state index >= 15 is 0 Å². The van der Waals surface area contributed by atoms with Crippen LogP contribution >= 0.6 is 0 Å². The number of hydrogen-bond acceptors (Lipinski definition) is 2. The third-order valence-electron chi connectivity index (χ3n) is 0.685. The molecule has 5 heteroatoms. The lowest BCUT2D eigenvalue weighted by atomic mass is 10.5. The molecule has 0 aromatic carbocycles. The molecule has 0 amide bonds. The third-order valence-corrected chi connectivity index (χ3v) is 0.685. The van der Waals surface area contributed by atoms with E-state index in [1.165, 1.54) is 11.1 Å². The quantitative estimate of drug-likeness (QED) is 0.350. The van der Waals surface area contributed by atoms with Crippen molar-refractivity contribution in [3.63, 3.8) is 0 Å². The summed E-state index contributed by atoms with van der Waals surface area (Å²) in [4.78, 5) is 1.42. The molecule has 0 aliphatic heterocycles. The minimum absolute atomic E-state index is 1.14. The van der Waals surface area contributed by atoms with E-state index in [1.54, 1.807) is 7.05 Å². The molecule has 3 radical (unpaired) electrons. The number of rotatable bonds is 0. The van der Waals surface area contributed by atoms with Crippen molar-refractivity contribution >= 4 is 7.98 Å². The SMILES string of the molecule is [B-][n+]1ncnn1C. The zero-order chi connectivity index (χ0) is 5.28. The molecule has 0 atom stereocenters. The van der Waals surface area contributed by atoms with Gasteiger partial charge in [-0.2, -0.15) is 0 Å². The molecular weight excluding hydrogens is 90.9 g/mol. The first-order valence-electron chi connectivity index (χ1n) is 1.82. The van der Waals surface area contributed by atoms with Crippen molar-refractivity contribution in [1.82, 2.24) is 15.0 Å². The predicted octanol–water partition coefficient (Wildman–Crippen LogP) is -1.97. The molecule has 1 rings (SSSR count). The molecule has 1 aromatic rings. The fourth-order valence-corrected chi connectivity index (χ4v) is 0.278. The highest BCUT2D eigenvalue weighted by atomic mass is 15.6. The van der Waals surface area contributed by atoms with Gasteiger partial charge in [0.05, 0.1) is 12.1 Å². The first-order valence-corrected chi connectivity index (χ1v) is 1.82. The van der Waals surface area contributed by atoms with E-state index in [4.69, 9.17) is 7.98 Å². The molecule has 1 aromatic heterocycles. The monoisotopic (exact) mass is 95.1 g/mol. The summed E-state index contributed by atoms with van der Waals surface area (Å²) in [5.74, 6) is 0. The highest BCUT2D eigenvalue weighted by Crippen LogP contribution is 1.52. The van der Waals surface area contributed by atoms with E-state index in [-0.39, 0.29) is 0 Å². The second kappa shape index (κ2) is 1.33. The van der Waals surface area contributed by atoms with Crippen molar-refractivity contribution in [2.45, 2.75) is 0 Å². The summed E-state index contributed by atoms with van der Waals surface area (Å²) >= 11 is 0. The zero-order valence-corrected chi connectivity index (χ0v) is 3.94. The maximum absolute atomic E-state index is 5.15. The van der Waals surface area contributed by atoms with Crippen LogP contribution < -0.4 is 4.71 Å². The van der Waals surface area contributed by atoms with Gasteiger partial charge in [0.25, 0.3) is 6.33 Å². The minimum Gasteiger partial charge on any atom is -0.369 e. The summed E-state index contributed by atoms with van der Waals surface area (Å²) in [5, 5.41) is 7.22. The van der Waals surface area contributed by atoms with E-state index in [1.807, 2.05) is 0 Å². The fraction of sp³-hybridized carbons (Fsp3) is 0.500. The highest BCUT2D eigenvalue weighted by molar-refractivity contribution is 5.94. The Balaban J connectivity index is 3.12. The largest absolute Gasteiger partial charge is 0.369 e.